The molecular formula is C24H29N5O5S2. The van der Waals surface area contributed by atoms with Crippen LogP contribution >= 0.6 is 0 Å². The zero-order valence-electron chi connectivity index (χ0n) is 20.9. The van der Waals surface area contributed by atoms with Crippen molar-refractivity contribution in [2.75, 3.05) is 20.6 Å². The van der Waals surface area contributed by atoms with Crippen molar-refractivity contribution in [3.63, 3.8) is 0 Å². The normalized spacial score (nSPS) is 12.6. The van der Waals surface area contributed by atoms with Gasteiger partial charge in [-0.15, -0.1) is 0 Å². The monoisotopic (exact) mass is 531 g/mol. The molecule has 3 aromatic rings. The number of amides is 1. The Balaban J connectivity index is 1.78. The predicted molar refractivity (Wildman–Crippen MR) is 140 cm³/mol. The second-order valence-corrected chi connectivity index (χ2v) is 12.1. The van der Waals surface area contributed by atoms with Crippen molar-refractivity contribution in [2.45, 2.75) is 45.6 Å². The van der Waals surface area contributed by atoms with Gasteiger partial charge in [-0.05, 0) is 88.2 Å². The van der Waals surface area contributed by atoms with Crippen LogP contribution in [-0.2, 0) is 24.8 Å². The van der Waals surface area contributed by atoms with Crippen molar-refractivity contribution in [3.05, 3.63) is 71.0 Å². The van der Waals surface area contributed by atoms with Crippen LogP contribution in [0, 0.1) is 27.7 Å². The van der Waals surface area contributed by atoms with Crippen molar-refractivity contribution in [2.24, 2.45) is 0 Å². The summed E-state index contributed by atoms with van der Waals surface area (Å²) in [5.41, 5.74) is 3.82. The van der Waals surface area contributed by atoms with E-state index in [0.29, 0.717) is 22.8 Å². The molecule has 0 spiro atoms. The molecule has 2 N–H and O–H groups in total. The first kappa shape index (κ1) is 27.1. The number of sulfonamides is 2. The molecule has 1 aromatic heterocycles. The van der Waals surface area contributed by atoms with Gasteiger partial charge < -0.3 is 5.32 Å². The lowest BCUT2D eigenvalue weighted by atomic mass is 10.1. The average molecular weight is 532 g/mol. The summed E-state index contributed by atoms with van der Waals surface area (Å²) in [6.07, 6.45) is 1.04. The first-order chi connectivity index (χ1) is 16.7. The van der Waals surface area contributed by atoms with Gasteiger partial charge in [0.05, 0.1) is 16.8 Å². The van der Waals surface area contributed by atoms with Gasteiger partial charge in [0.1, 0.15) is 6.04 Å². The average Bonchev–Trinajstić information content (AvgIpc) is 2.74. The van der Waals surface area contributed by atoms with E-state index < -0.39 is 32.0 Å². The minimum absolute atomic E-state index is 0.0362. The molecule has 0 unspecified atom stereocenters. The van der Waals surface area contributed by atoms with Crippen molar-refractivity contribution in [1.29, 1.82) is 0 Å². The van der Waals surface area contributed by atoms with Crippen LogP contribution in [0.2, 0.25) is 0 Å². The number of carbonyl (C=O) groups is 1. The minimum atomic E-state index is -3.96. The van der Waals surface area contributed by atoms with E-state index in [0.717, 1.165) is 21.7 Å². The van der Waals surface area contributed by atoms with Crippen LogP contribution in [0.25, 0.3) is 0 Å². The molecule has 1 atom stereocenters. The zero-order valence-corrected chi connectivity index (χ0v) is 22.5. The van der Waals surface area contributed by atoms with Gasteiger partial charge >= 0.3 is 0 Å². The van der Waals surface area contributed by atoms with Gasteiger partial charge in [-0.3, -0.25) is 9.10 Å². The Morgan fingerprint density at radius 2 is 1.44 bits per heavy atom. The molecule has 0 radical (unpaired) electrons. The Hall–Kier alpha value is -3.51. The second-order valence-electron chi connectivity index (χ2n) is 8.60. The quantitative estimate of drug-likeness (QED) is 0.455. The molecular weight excluding hydrogens is 502 g/mol. The number of hydrogen-bond donors (Lipinski definition) is 2. The maximum Gasteiger partial charge on any atom is 0.264 e. The van der Waals surface area contributed by atoms with Crippen LogP contribution in [0.15, 0.2) is 53.4 Å². The molecule has 0 aliphatic carbocycles. The maximum atomic E-state index is 12.9. The fraction of sp³-hybridized carbons (Fsp3) is 0.292. The first-order valence-corrected chi connectivity index (χ1v) is 14.3. The Morgan fingerprint density at radius 1 is 0.861 bits per heavy atom. The third-order valence-corrected chi connectivity index (χ3v) is 8.06. The van der Waals surface area contributed by atoms with E-state index in [1.165, 1.54) is 31.2 Å². The van der Waals surface area contributed by atoms with Gasteiger partial charge in [0.25, 0.3) is 10.0 Å². The number of carbonyl (C=O) groups excluding carboxylic acids is 1. The zero-order chi connectivity index (χ0) is 26.8. The van der Waals surface area contributed by atoms with Crippen molar-refractivity contribution >= 4 is 43.3 Å². The molecule has 1 heterocycles. The molecule has 0 fully saturated rings. The van der Waals surface area contributed by atoms with E-state index in [2.05, 4.69) is 20.0 Å². The number of rotatable bonds is 8. The van der Waals surface area contributed by atoms with Crippen LogP contribution in [0.3, 0.4) is 0 Å². The highest BCUT2D eigenvalue weighted by Gasteiger charge is 2.29. The van der Waals surface area contributed by atoms with Crippen molar-refractivity contribution in [3.8, 4) is 0 Å². The number of benzene rings is 2. The minimum Gasteiger partial charge on any atom is -0.324 e. The number of nitrogens with one attached hydrogen (secondary N) is 2. The van der Waals surface area contributed by atoms with E-state index in [1.807, 2.05) is 13.8 Å². The fourth-order valence-electron chi connectivity index (χ4n) is 3.59. The summed E-state index contributed by atoms with van der Waals surface area (Å²) in [6, 6.07) is 11.3. The van der Waals surface area contributed by atoms with E-state index in [-0.39, 0.29) is 10.8 Å². The third-order valence-electron chi connectivity index (χ3n) is 5.47. The third kappa shape index (κ3) is 6.38. The smallest absolute Gasteiger partial charge is 0.264 e. The molecule has 2 aromatic carbocycles. The number of anilines is 3. The number of aryl methyl sites for hydroxylation is 4. The summed E-state index contributed by atoms with van der Waals surface area (Å²) in [5, 5.41) is 2.65. The second kappa shape index (κ2) is 10.2. The standard InChI is InChI=1S/C24H29N5O5S2/c1-15-7-10-21(13-16(15)2)29(35(6,31)32)19(5)23(30)27-20-8-11-22(12-9-20)36(33,34)28-24-25-17(3)14-18(4)26-24/h7-14,19H,1-6H3,(H,27,30)(H,25,26,28)/t19-/m0/s1. The molecule has 0 bridgehead atoms. The molecule has 0 saturated carbocycles. The Bertz CT molecular complexity index is 1480. The van der Waals surface area contributed by atoms with Crippen molar-refractivity contribution < 1.29 is 21.6 Å². The van der Waals surface area contributed by atoms with Gasteiger partial charge in [-0.1, -0.05) is 6.07 Å². The van der Waals surface area contributed by atoms with Crippen LogP contribution in [0.4, 0.5) is 17.3 Å². The van der Waals surface area contributed by atoms with E-state index in [9.17, 15) is 21.6 Å². The fourth-order valence-corrected chi connectivity index (χ4v) is 5.70. The number of nitrogens with zero attached hydrogens (tertiary/aromatic N) is 3. The van der Waals surface area contributed by atoms with Crippen LogP contribution in [-0.4, -0.2) is 45.0 Å². The van der Waals surface area contributed by atoms with Gasteiger partial charge in [0.15, 0.2) is 0 Å². The molecule has 1 amide bonds. The molecule has 10 nitrogen and oxygen atoms in total. The molecule has 3 rings (SSSR count). The van der Waals surface area contributed by atoms with Crippen LogP contribution < -0.4 is 14.3 Å². The Morgan fingerprint density at radius 3 is 1.97 bits per heavy atom. The molecule has 0 aliphatic rings. The summed E-state index contributed by atoms with van der Waals surface area (Å²) in [5.74, 6) is -0.609. The molecule has 192 valence electrons. The van der Waals surface area contributed by atoms with E-state index in [1.54, 1.807) is 38.1 Å². The highest BCUT2D eigenvalue weighted by atomic mass is 32.2. The van der Waals surface area contributed by atoms with Gasteiger partial charge in [0.2, 0.25) is 21.9 Å². The summed E-state index contributed by atoms with van der Waals surface area (Å²) in [4.78, 5) is 21.1. The topological polar surface area (TPSA) is 138 Å². The summed E-state index contributed by atoms with van der Waals surface area (Å²) in [6.45, 7) is 8.72. The molecule has 0 saturated heterocycles. The lowest BCUT2D eigenvalue weighted by molar-refractivity contribution is -0.116. The largest absolute Gasteiger partial charge is 0.324 e. The number of aromatic nitrogens is 2. The van der Waals surface area contributed by atoms with Crippen molar-refractivity contribution in [1.82, 2.24) is 9.97 Å². The SMILES string of the molecule is Cc1cc(C)nc(NS(=O)(=O)c2ccc(NC(=O)[C@H](C)N(c3ccc(C)c(C)c3)S(C)(=O)=O)cc2)n1. The Kier molecular flexibility index (Phi) is 7.70. The van der Waals surface area contributed by atoms with Crippen LogP contribution in [0.1, 0.15) is 29.4 Å². The first-order valence-electron chi connectivity index (χ1n) is 11.0. The lowest BCUT2D eigenvalue weighted by Gasteiger charge is -2.28. The number of hydrogen-bond acceptors (Lipinski definition) is 7. The molecule has 36 heavy (non-hydrogen) atoms. The molecule has 12 heteroatoms. The summed E-state index contributed by atoms with van der Waals surface area (Å²) < 4.78 is 53.9. The highest BCUT2D eigenvalue weighted by molar-refractivity contribution is 7.92. The summed E-state index contributed by atoms with van der Waals surface area (Å²) in [7, 11) is -7.73. The van der Waals surface area contributed by atoms with Gasteiger partial charge in [-0.25, -0.2) is 31.5 Å². The van der Waals surface area contributed by atoms with E-state index in [4.69, 9.17) is 0 Å². The van der Waals surface area contributed by atoms with Crippen LogP contribution in [0.5, 0.6) is 0 Å². The van der Waals surface area contributed by atoms with Gasteiger partial charge in [0, 0.05) is 17.1 Å². The van der Waals surface area contributed by atoms with Gasteiger partial charge in [-0.2, -0.15) is 0 Å². The maximum absolute atomic E-state index is 12.9. The summed E-state index contributed by atoms with van der Waals surface area (Å²) >= 11 is 0. The predicted octanol–water partition coefficient (Wildman–Crippen LogP) is 3.30. The lowest BCUT2D eigenvalue weighted by Crippen LogP contribution is -2.45. The Labute approximate surface area is 211 Å². The molecule has 0 aliphatic heterocycles. The van der Waals surface area contributed by atoms with E-state index >= 15 is 0 Å². The highest BCUT2D eigenvalue weighted by Crippen LogP contribution is 2.25.